The Labute approximate surface area is 112 Å². The molecule has 0 spiro atoms. The van der Waals surface area contributed by atoms with E-state index in [2.05, 4.69) is 10.3 Å². The maximum atomic E-state index is 11.8. The molecule has 2 rings (SSSR count). The average molecular weight is 267 g/mol. The maximum absolute atomic E-state index is 11.8. The summed E-state index contributed by atoms with van der Waals surface area (Å²) in [6.45, 7) is 7.54. The van der Waals surface area contributed by atoms with Crippen LogP contribution in [0.4, 0.5) is 0 Å². The van der Waals surface area contributed by atoms with Crippen LogP contribution in [0.2, 0.25) is 0 Å². The van der Waals surface area contributed by atoms with Crippen LogP contribution in [0.25, 0.3) is 0 Å². The van der Waals surface area contributed by atoms with Crippen molar-refractivity contribution >= 4 is 17.2 Å². The van der Waals surface area contributed by atoms with Crippen LogP contribution in [0, 0.1) is 13.8 Å². The number of amides is 1. The van der Waals surface area contributed by atoms with Crippen molar-refractivity contribution in [2.75, 3.05) is 19.6 Å². The van der Waals surface area contributed by atoms with Crippen LogP contribution in [0.5, 0.6) is 0 Å². The summed E-state index contributed by atoms with van der Waals surface area (Å²) in [5.41, 5.74) is 1.11. The molecule has 0 saturated carbocycles. The summed E-state index contributed by atoms with van der Waals surface area (Å²) in [4.78, 5) is 19.4. The molecule has 0 radical (unpaired) electrons. The highest BCUT2D eigenvalue weighted by Crippen LogP contribution is 2.16. The predicted octanol–water partition coefficient (Wildman–Crippen LogP) is 1.86. The van der Waals surface area contributed by atoms with Crippen LogP contribution in [0.15, 0.2) is 0 Å². The Balaban J connectivity index is 1.66. The first-order chi connectivity index (χ1) is 8.66. The summed E-state index contributed by atoms with van der Waals surface area (Å²) < 4.78 is 0. The highest BCUT2D eigenvalue weighted by atomic mass is 32.1. The average Bonchev–Trinajstić information content (AvgIpc) is 2.94. The van der Waals surface area contributed by atoms with Gasteiger partial charge >= 0.3 is 0 Å². The molecule has 2 heterocycles. The minimum atomic E-state index is 0.289. The van der Waals surface area contributed by atoms with Gasteiger partial charge in [0.15, 0.2) is 0 Å². The zero-order chi connectivity index (χ0) is 13.0. The molecule has 0 atom stereocenters. The predicted molar refractivity (Wildman–Crippen MR) is 73.7 cm³/mol. The van der Waals surface area contributed by atoms with Crippen LogP contribution in [0.1, 0.15) is 34.8 Å². The molecule has 100 valence electrons. The van der Waals surface area contributed by atoms with Crippen molar-refractivity contribution in [1.82, 2.24) is 15.2 Å². The van der Waals surface area contributed by atoms with Gasteiger partial charge in [0.1, 0.15) is 0 Å². The lowest BCUT2D eigenvalue weighted by molar-refractivity contribution is -0.130. The van der Waals surface area contributed by atoms with E-state index in [0.29, 0.717) is 6.42 Å². The Morgan fingerprint density at radius 3 is 2.72 bits per heavy atom. The van der Waals surface area contributed by atoms with Crippen LogP contribution >= 0.6 is 11.3 Å². The zero-order valence-corrected chi connectivity index (χ0v) is 12.0. The van der Waals surface area contributed by atoms with Crippen molar-refractivity contribution in [3.8, 4) is 0 Å². The fourth-order valence-corrected chi connectivity index (χ4v) is 3.17. The van der Waals surface area contributed by atoms with Crippen molar-refractivity contribution in [2.45, 2.75) is 39.7 Å². The third kappa shape index (κ3) is 3.53. The third-order valence-corrected chi connectivity index (χ3v) is 4.33. The minimum absolute atomic E-state index is 0.289. The van der Waals surface area contributed by atoms with Crippen molar-refractivity contribution < 1.29 is 4.79 Å². The fraction of sp³-hybridized carbons (Fsp3) is 0.692. The second-order valence-corrected chi connectivity index (χ2v) is 6.04. The molecule has 4 nitrogen and oxygen atoms in total. The number of carbonyl (C=O) groups excluding carboxylic acids is 1. The first-order valence-corrected chi connectivity index (χ1v) is 7.40. The van der Waals surface area contributed by atoms with Crippen LogP contribution in [-0.2, 0) is 11.3 Å². The highest BCUT2D eigenvalue weighted by Gasteiger charge is 2.16. The van der Waals surface area contributed by atoms with Gasteiger partial charge in [-0.05, 0) is 26.7 Å². The summed E-state index contributed by atoms with van der Waals surface area (Å²) >= 11 is 1.73. The topological polar surface area (TPSA) is 45.2 Å². The Hall–Kier alpha value is -0.940. The molecule has 1 aliphatic heterocycles. The second kappa shape index (κ2) is 6.29. The van der Waals surface area contributed by atoms with E-state index in [1.807, 2.05) is 18.7 Å². The number of hydrogen-bond acceptors (Lipinski definition) is 4. The van der Waals surface area contributed by atoms with E-state index in [0.717, 1.165) is 36.9 Å². The normalized spacial score (nSPS) is 15.3. The molecule has 1 saturated heterocycles. The van der Waals surface area contributed by atoms with E-state index >= 15 is 0 Å². The molecule has 0 aromatic carbocycles. The molecule has 1 aromatic rings. The van der Waals surface area contributed by atoms with Gasteiger partial charge in [0.2, 0.25) is 5.91 Å². The van der Waals surface area contributed by atoms with E-state index in [1.54, 1.807) is 11.3 Å². The fourth-order valence-electron chi connectivity index (χ4n) is 2.26. The van der Waals surface area contributed by atoms with Gasteiger partial charge in [-0.25, -0.2) is 4.98 Å². The second-order valence-electron chi connectivity index (χ2n) is 4.76. The molecule has 18 heavy (non-hydrogen) atoms. The lowest BCUT2D eigenvalue weighted by Gasteiger charge is -2.15. The first kappa shape index (κ1) is 13.5. The van der Waals surface area contributed by atoms with E-state index in [4.69, 9.17) is 0 Å². The molecule has 1 aliphatic rings. The van der Waals surface area contributed by atoms with E-state index in [1.165, 1.54) is 17.7 Å². The molecule has 1 fully saturated rings. The van der Waals surface area contributed by atoms with Crippen LogP contribution in [-0.4, -0.2) is 35.4 Å². The number of aryl methyl sites for hydroxylation is 2. The highest BCUT2D eigenvalue weighted by molar-refractivity contribution is 7.11. The standard InChI is InChI=1S/C13H21N3OS/c1-10-12(18-11(2)15-10)9-14-6-5-13(17)16-7-3-4-8-16/h14H,3-9H2,1-2H3. The smallest absolute Gasteiger partial charge is 0.223 e. The molecule has 1 aromatic heterocycles. The number of thiazole rings is 1. The van der Waals surface area contributed by atoms with Crippen molar-refractivity contribution in [3.63, 3.8) is 0 Å². The molecule has 0 unspecified atom stereocenters. The van der Waals surface area contributed by atoms with E-state index in [-0.39, 0.29) is 5.91 Å². The van der Waals surface area contributed by atoms with Crippen molar-refractivity contribution in [3.05, 3.63) is 15.6 Å². The quantitative estimate of drug-likeness (QED) is 0.828. The number of nitrogens with one attached hydrogen (secondary N) is 1. The van der Waals surface area contributed by atoms with Crippen LogP contribution < -0.4 is 5.32 Å². The molecule has 1 N–H and O–H groups in total. The summed E-state index contributed by atoms with van der Waals surface area (Å²) in [5, 5.41) is 4.44. The molecule has 0 bridgehead atoms. The lowest BCUT2D eigenvalue weighted by Crippen LogP contribution is -2.30. The summed E-state index contributed by atoms with van der Waals surface area (Å²) in [6, 6.07) is 0. The zero-order valence-electron chi connectivity index (χ0n) is 11.2. The van der Waals surface area contributed by atoms with Gasteiger partial charge in [-0.15, -0.1) is 11.3 Å². The largest absolute Gasteiger partial charge is 0.343 e. The molecular formula is C13H21N3OS. The summed E-state index contributed by atoms with van der Waals surface area (Å²) in [6.07, 6.45) is 2.94. The van der Waals surface area contributed by atoms with E-state index in [9.17, 15) is 4.79 Å². The molecule has 0 aliphatic carbocycles. The van der Waals surface area contributed by atoms with Gasteiger partial charge in [-0.2, -0.15) is 0 Å². The van der Waals surface area contributed by atoms with Gasteiger partial charge in [-0.1, -0.05) is 0 Å². The van der Waals surface area contributed by atoms with Gasteiger partial charge in [-0.3, -0.25) is 4.79 Å². The Bertz CT molecular complexity index is 410. The van der Waals surface area contributed by atoms with Gasteiger partial charge in [0, 0.05) is 37.5 Å². The van der Waals surface area contributed by atoms with Gasteiger partial charge < -0.3 is 10.2 Å². The number of likely N-dealkylation sites (tertiary alicyclic amines) is 1. The third-order valence-electron chi connectivity index (χ3n) is 3.26. The number of rotatable bonds is 5. The maximum Gasteiger partial charge on any atom is 0.223 e. The monoisotopic (exact) mass is 267 g/mol. The number of carbonyl (C=O) groups is 1. The number of nitrogens with zero attached hydrogens (tertiary/aromatic N) is 2. The summed E-state index contributed by atoms with van der Waals surface area (Å²) in [5.74, 6) is 0.289. The lowest BCUT2D eigenvalue weighted by atomic mass is 10.3. The van der Waals surface area contributed by atoms with Crippen molar-refractivity contribution in [2.24, 2.45) is 0 Å². The molecule has 5 heteroatoms. The van der Waals surface area contributed by atoms with Gasteiger partial charge in [0.25, 0.3) is 0 Å². The Morgan fingerprint density at radius 2 is 2.11 bits per heavy atom. The van der Waals surface area contributed by atoms with Crippen molar-refractivity contribution in [1.29, 1.82) is 0 Å². The summed E-state index contributed by atoms with van der Waals surface area (Å²) in [7, 11) is 0. The Kier molecular flexibility index (Phi) is 4.72. The Morgan fingerprint density at radius 1 is 1.39 bits per heavy atom. The molecular weight excluding hydrogens is 246 g/mol. The number of hydrogen-bond donors (Lipinski definition) is 1. The first-order valence-electron chi connectivity index (χ1n) is 6.58. The van der Waals surface area contributed by atoms with Crippen LogP contribution in [0.3, 0.4) is 0 Å². The van der Waals surface area contributed by atoms with E-state index < -0.39 is 0 Å². The molecule has 1 amide bonds. The minimum Gasteiger partial charge on any atom is -0.343 e. The SMILES string of the molecule is Cc1nc(C)c(CNCCC(=O)N2CCCC2)s1. The van der Waals surface area contributed by atoms with Gasteiger partial charge in [0.05, 0.1) is 10.7 Å². The number of aromatic nitrogens is 1.